The summed E-state index contributed by atoms with van der Waals surface area (Å²) in [6, 6.07) is 11.6. The minimum Gasteiger partial charge on any atom is -0.306 e. The molecule has 2 aromatic rings. The van der Waals surface area contributed by atoms with Crippen molar-refractivity contribution in [3.8, 4) is 0 Å². The lowest BCUT2D eigenvalue weighted by Gasteiger charge is -2.36. The van der Waals surface area contributed by atoms with Gasteiger partial charge >= 0.3 is 0 Å². The number of piperidine rings is 1. The summed E-state index contributed by atoms with van der Waals surface area (Å²) in [7, 11) is 2.15. The normalized spacial score (nSPS) is 22.6. The first-order valence-corrected chi connectivity index (χ1v) is 9.28. The van der Waals surface area contributed by atoms with Gasteiger partial charge in [0.25, 0.3) is 5.91 Å². The van der Waals surface area contributed by atoms with E-state index in [0.717, 1.165) is 25.2 Å². The molecule has 0 N–H and O–H groups in total. The standard InChI is InChI=1S/C20H20Cl2N2O/c1-12-3-4-18-16(7-12)17-11-23(2)6-5-19(17)24(18)20(25)13-8-14(21)10-15(22)9-13/h3-4,7-10,17,19H,5-6,11H2,1-2H3/t17-,19-/m1/s1. The van der Waals surface area contributed by atoms with Gasteiger partial charge in [-0.15, -0.1) is 0 Å². The summed E-state index contributed by atoms with van der Waals surface area (Å²) in [6.45, 7) is 4.07. The molecule has 0 saturated carbocycles. The molecule has 1 fully saturated rings. The van der Waals surface area contributed by atoms with E-state index in [9.17, 15) is 4.79 Å². The predicted molar refractivity (Wildman–Crippen MR) is 103 cm³/mol. The number of likely N-dealkylation sites (N-methyl/N-ethyl adjacent to an activating group) is 1. The largest absolute Gasteiger partial charge is 0.306 e. The quantitative estimate of drug-likeness (QED) is 0.718. The van der Waals surface area contributed by atoms with E-state index in [2.05, 4.69) is 37.1 Å². The van der Waals surface area contributed by atoms with Gasteiger partial charge in [0.1, 0.15) is 0 Å². The first-order chi connectivity index (χ1) is 11.9. The zero-order valence-electron chi connectivity index (χ0n) is 14.3. The molecule has 1 saturated heterocycles. The second-order valence-corrected chi connectivity index (χ2v) is 7.99. The minimum atomic E-state index is -0.0217. The third-order valence-electron chi connectivity index (χ3n) is 5.28. The number of carbonyl (C=O) groups is 1. The predicted octanol–water partition coefficient (Wildman–Crippen LogP) is 4.75. The van der Waals surface area contributed by atoms with Crippen LogP contribution in [0, 0.1) is 6.92 Å². The molecular weight excluding hydrogens is 355 g/mol. The van der Waals surface area contributed by atoms with E-state index in [1.165, 1.54) is 11.1 Å². The van der Waals surface area contributed by atoms with Crippen LogP contribution in [-0.2, 0) is 0 Å². The van der Waals surface area contributed by atoms with E-state index >= 15 is 0 Å². The molecule has 130 valence electrons. The number of hydrogen-bond donors (Lipinski definition) is 0. The first kappa shape index (κ1) is 16.9. The van der Waals surface area contributed by atoms with E-state index in [1.54, 1.807) is 18.2 Å². The van der Waals surface area contributed by atoms with Crippen LogP contribution < -0.4 is 4.90 Å². The number of halogens is 2. The van der Waals surface area contributed by atoms with Gasteiger partial charge in [0.15, 0.2) is 0 Å². The fourth-order valence-corrected chi connectivity index (χ4v) is 4.69. The van der Waals surface area contributed by atoms with Crippen LogP contribution >= 0.6 is 23.2 Å². The zero-order valence-corrected chi connectivity index (χ0v) is 15.8. The van der Waals surface area contributed by atoms with Gasteiger partial charge in [-0.05, 0) is 56.8 Å². The summed E-state index contributed by atoms with van der Waals surface area (Å²) in [5, 5.41) is 0.971. The van der Waals surface area contributed by atoms with Gasteiger partial charge in [-0.25, -0.2) is 0 Å². The Morgan fingerprint density at radius 2 is 1.84 bits per heavy atom. The molecule has 3 nitrogen and oxygen atoms in total. The summed E-state index contributed by atoms with van der Waals surface area (Å²) in [6.07, 6.45) is 0.967. The molecular formula is C20H20Cl2N2O. The van der Waals surface area contributed by atoms with E-state index in [0.29, 0.717) is 21.5 Å². The van der Waals surface area contributed by atoms with Crippen LogP contribution in [0.2, 0.25) is 10.0 Å². The number of amides is 1. The highest BCUT2D eigenvalue weighted by molar-refractivity contribution is 6.35. The van der Waals surface area contributed by atoms with Crippen LogP contribution in [0.15, 0.2) is 36.4 Å². The maximum Gasteiger partial charge on any atom is 0.258 e. The van der Waals surface area contributed by atoms with E-state index in [4.69, 9.17) is 23.2 Å². The first-order valence-electron chi connectivity index (χ1n) is 8.53. The van der Waals surface area contributed by atoms with Crippen molar-refractivity contribution < 1.29 is 4.79 Å². The van der Waals surface area contributed by atoms with Crippen molar-refractivity contribution in [2.24, 2.45) is 0 Å². The molecule has 2 aliphatic rings. The minimum absolute atomic E-state index is 0.0217. The second-order valence-electron chi connectivity index (χ2n) is 7.12. The smallest absolute Gasteiger partial charge is 0.258 e. The molecule has 25 heavy (non-hydrogen) atoms. The third-order valence-corrected chi connectivity index (χ3v) is 5.72. The van der Waals surface area contributed by atoms with E-state index in [1.807, 2.05) is 4.90 Å². The molecule has 0 radical (unpaired) electrons. The molecule has 2 heterocycles. The second kappa shape index (κ2) is 6.31. The highest BCUT2D eigenvalue weighted by Gasteiger charge is 2.44. The molecule has 2 aromatic carbocycles. The average molecular weight is 375 g/mol. The van der Waals surface area contributed by atoms with Crippen molar-refractivity contribution in [1.29, 1.82) is 0 Å². The van der Waals surface area contributed by atoms with E-state index in [-0.39, 0.29) is 11.9 Å². The zero-order chi connectivity index (χ0) is 17.7. The molecule has 0 unspecified atom stereocenters. The van der Waals surface area contributed by atoms with Gasteiger partial charge in [-0.3, -0.25) is 4.79 Å². The molecule has 4 rings (SSSR count). The lowest BCUT2D eigenvalue weighted by atomic mass is 9.88. The number of anilines is 1. The number of likely N-dealkylation sites (tertiary alicyclic amines) is 1. The van der Waals surface area contributed by atoms with Gasteiger partial charge in [0, 0.05) is 39.8 Å². The maximum atomic E-state index is 13.3. The highest BCUT2D eigenvalue weighted by atomic mass is 35.5. The van der Waals surface area contributed by atoms with Gasteiger partial charge < -0.3 is 9.80 Å². The maximum absolute atomic E-state index is 13.3. The van der Waals surface area contributed by atoms with Crippen molar-refractivity contribution >= 4 is 34.8 Å². The lowest BCUT2D eigenvalue weighted by Crippen LogP contribution is -2.47. The molecule has 0 aromatic heterocycles. The Labute approximate surface area is 158 Å². The van der Waals surface area contributed by atoms with Crippen molar-refractivity contribution in [2.75, 3.05) is 25.0 Å². The fraction of sp³-hybridized carbons (Fsp3) is 0.350. The van der Waals surface area contributed by atoms with Gasteiger partial charge in [-0.1, -0.05) is 40.9 Å². The number of hydrogen-bond acceptors (Lipinski definition) is 2. The summed E-state index contributed by atoms with van der Waals surface area (Å²) >= 11 is 12.2. The van der Waals surface area contributed by atoms with Crippen LogP contribution in [0.25, 0.3) is 0 Å². The number of benzene rings is 2. The van der Waals surface area contributed by atoms with Crippen LogP contribution in [0.5, 0.6) is 0 Å². The van der Waals surface area contributed by atoms with E-state index < -0.39 is 0 Å². The summed E-state index contributed by atoms with van der Waals surface area (Å²) < 4.78 is 0. The summed E-state index contributed by atoms with van der Waals surface area (Å²) in [4.78, 5) is 17.6. The Bertz CT molecular complexity index is 831. The number of fused-ring (bicyclic) bond motifs is 3. The van der Waals surface area contributed by atoms with Crippen LogP contribution in [0.4, 0.5) is 5.69 Å². The Hall–Kier alpha value is -1.55. The molecule has 0 spiro atoms. The Kier molecular flexibility index (Phi) is 4.27. The average Bonchev–Trinajstić information content (AvgIpc) is 2.86. The van der Waals surface area contributed by atoms with Crippen molar-refractivity contribution in [3.05, 3.63) is 63.1 Å². The topological polar surface area (TPSA) is 23.6 Å². The Morgan fingerprint density at radius 3 is 2.56 bits per heavy atom. The van der Waals surface area contributed by atoms with Crippen LogP contribution in [0.1, 0.15) is 33.8 Å². The molecule has 1 amide bonds. The molecule has 2 aliphatic heterocycles. The summed E-state index contributed by atoms with van der Waals surface area (Å²) in [5.41, 5.74) is 4.07. The molecule has 5 heteroatoms. The van der Waals surface area contributed by atoms with Crippen molar-refractivity contribution in [2.45, 2.75) is 25.3 Å². The third kappa shape index (κ3) is 2.95. The number of aryl methyl sites for hydroxylation is 1. The van der Waals surface area contributed by atoms with Crippen LogP contribution in [0.3, 0.4) is 0 Å². The van der Waals surface area contributed by atoms with Crippen LogP contribution in [-0.4, -0.2) is 37.0 Å². The van der Waals surface area contributed by atoms with Crippen molar-refractivity contribution in [3.63, 3.8) is 0 Å². The highest BCUT2D eigenvalue weighted by Crippen LogP contribution is 2.45. The fourth-order valence-electron chi connectivity index (χ4n) is 4.16. The number of rotatable bonds is 1. The Morgan fingerprint density at radius 1 is 1.12 bits per heavy atom. The van der Waals surface area contributed by atoms with Gasteiger partial charge in [-0.2, -0.15) is 0 Å². The lowest BCUT2D eigenvalue weighted by molar-refractivity contribution is 0.0964. The van der Waals surface area contributed by atoms with Gasteiger partial charge in [0.05, 0.1) is 0 Å². The molecule has 0 bridgehead atoms. The number of carbonyl (C=O) groups excluding carboxylic acids is 1. The summed E-state index contributed by atoms with van der Waals surface area (Å²) in [5.74, 6) is 0.332. The Balaban J connectivity index is 1.79. The molecule has 2 atom stereocenters. The monoisotopic (exact) mass is 374 g/mol. The SMILES string of the molecule is Cc1ccc2c(c1)[C@H]1CN(C)CC[C@H]1N2C(=O)c1cc(Cl)cc(Cl)c1. The van der Waals surface area contributed by atoms with Crippen molar-refractivity contribution in [1.82, 2.24) is 4.90 Å². The number of nitrogens with zero attached hydrogens (tertiary/aromatic N) is 2. The molecule has 0 aliphatic carbocycles. The van der Waals surface area contributed by atoms with Gasteiger partial charge in [0.2, 0.25) is 0 Å².